The van der Waals surface area contributed by atoms with Crippen molar-refractivity contribution in [2.45, 2.75) is 0 Å². The Morgan fingerprint density at radius 2 is 1.79 bits per heavy atom. The van der Waals surface area contributed by atoms with Crippen LogP contribution >= 0.6 is 11.5 Å². The molecular weight excluding hydrogens is 266 g/mol. The summed E-state index contributed by atoms with van der Waals surface area (Å²) < 4.78 is 3.79. The monoisotopic (exact) mass is 273 g/mol. The van der Waals surface area contributed by atoms with Crippen LogP contribution in [0.5, 0.6) is 0 Å². The van der Waals surface area contributed by atoms with Crippen molar-refractivity contribution in [1.29, 1.82) is 0 Å². The van der Waals surface area contributed by atoms with E-state index in [9.17, 15) is 14.4 Å². The van der Waals surface area contributed by atoms with E-state index in [1.165, 1.54) is 5.51 Å². The number of ketones is 1. The van der Waals surface area contributed by atoms with Gasteiger partial charge in [-0.2, -0.15) is 4.37 Å². The molecule has 0 N–H and O–H groups in total. The first-order valence-corrected chi connectivity index (χ1v) is 6.27. The number of carbonyl (C=O) groups is 3. The van der Waals surface area contributed by atoms with Gasteiger partial charge in [-0.05, 0) is 23.7 Å². The number of imide groups is 1. The molecule has 3 rings (SSSR count). The number of nitrogens with zero attached hydrogens (tertiary/aromatic N) is 3. The molecule has 2 aromatic rings. The minimum Gasteiger partial charge on any atom is -0.289 e. The normalized spacial score (nSPS) is 13.8. The van der Waals surface area contributed by atoms with Gasteiger partial charge in [0.05, 0.1) is 17.7 Å². The van der Waals surface area contributed by atoms with Gasteiger partial charge in [-0.3, -0.25) is 19.3 Å². The molecule has 0 saturated heterocycles. The quantitative estimate of drug-likeness (QED) is 0.616. The minimum absolute atomic E-state index is 0.0292. The maximum absolute atomic E-state index is 12.0. The maximum Gasteiger partial charge on any atom is 0.261 e. The number of fused-ring (bicyclic) bond motifs is 1. The lowest BCUT2D eigenvalue weighted by Crippen LogP contribution is -2.35. The molecule has 0 spiro atoms. The molecule has 7 heteroatoms. The fraction of sp³-hybridized carbons (Fsp3) is 0.0833. The summed E-state index contributed by atoms with van der Waals surface area (Å²) in [5, 5.41) is 0. The van der Waals surface area contributed by atoms with E-state index in [1.807, 2.05) is 0 Å². The highest BCUT2D eigenvalue weighted by molar-refractivity contribution is 7.03. The van der Waals surface area contributed by atoms with E-state index in [4.69, 9.17) is 0 Å². The number of rotatable bonds is 3. The Morgan fingerprint density at radius 3 is 2.32 bits per heavy atom. The molecule has 0 saturated carbocycles. The molecule has 1 aromatic heterocycles. The molecule has 94 valence electrons. The van der Waals surface area contributed by atoms with Crippen LogP contribution in [0.2, 0.25) is 0 Å². The van der Waals surface area contributed by atoms with Crippen LogP contribution in [0.25, 0.3) is 0 Å². The zero-order chi connectivity index (χ0) is 13.4. The largest absolute Gasteiger partial charge is 0.289 e. The highest BCUT2D eigenvalue weighted by Crippen LogP contribution is 2.22. The Balaban J connectivity index is 1.87. The van der Waals surface area contributed by atoms with Crippen LogP contribution in [0.1, 0.15) is 31.3 Å². The van der Waals surface area contributed by atoms with Gasteiger partial charge in [-0.15, -0.1) is 0 Å². The summed E-state index contributed by atoms with van der Waals surface area (Å²) in [6.45, 7) is -0.330. The number of carbonyl (C=O) groups excluding carboxylic acids is 3. The molecule has 0 fully saturated rings. The smallest absolute Gasteiger partial charge is 0.261 e. The zero-order valence-corrected chi connectivity index (χ0v) is 10.4. The molecule has 2 amide bonds. The first-order chi connectivity index (χ1) is 9.18. The predicted octanol–water partition coefficient (Wildman–Crippen LogP) is 1.02. The number of Topliss-reactive ketones (excluding diaryl/α,β-unsaturated/α-hetero) is 1. The second kappa shape index (κ2) is 4.36. The molecule has 0 radical (unpaired) electrons. The van der Waals surface area contributed by atoms with E-state index in [2.05, 4.69) is 9.36 Å². The summed E-state index contributed by atoms with van der Waals surface area (Å²) in [7, 11) is 0. The van der Waals surface area contributed by atoms with Crippen molar-refractivity contribution in [3.05, 3.63) is 46.7 Å². The zero-order valence-electron chi connectivity index (χ0n) is 9.57. The van der Waals surface area contributed by atoms with Crippen molar-refractivity contribution in [2.24, 2.45) is 0 Å². The second-order valence-electron chi connectivity index (χ2n) is 3.92. The summed E-state index contributed by atoms with van der Waals surface area (Å²) in [5.41, 5.74) is 2.08. The van der Waals surface area contributed by atoms with E-state index >= 15 is 0 Å². The van der Waals surface area contributed by atoms with Crippen LogP contribution in [-0.4, -0.2) is 38.4 Å². The first-order valence-electron chi connectivity index (χ1n) is 5.43. The predicted molar refractivity (Wildman–Crippen MR) is 66.0 cm³/mol. The third-order valence-electron chi connectivity index (χ3n) is 2.79. The Bertz CT molecular complexity index is 646. The van der Waals surface area contributed by atoms with E-state index in [-0.39, 0.29) is 12.4 Å². The van der Waals surface area contributed by atoms with E-state index in [1.54, 1.807) is 24.3 Å². The third-order valence-corrected chi connectivity index (χ3v) is 3.27. The standard InChI is InChI=1S/C12H7N3O3S/c16-9(10-13-6-19-14-10)5-15-11(17)7-3-1-2-4-8(7)12(15)18/h1-4,6H,5H2. The molecule has 0 aliphatic carbocycles. The van der Waals surface area contributed by atoms with Crippen LogP contribution in [0.4, 0.5) is 0 Å². The van der Waals surface area contributed by atoms with Crippen LogP contribution in [0.3, 0.4) is 0 Å². The van der Waals surface area contributed by atoms with E-state index in [0.29, 0.717) is 11.1 Å². The molecule has 0 unspecified atom stereocenters. The number of amides is 2. The average molecular weight is 273 g/mol. The first kappa shape index (κ1) is 11.7. The fourth-order valence-corrected chi connectivity index (χ4v) is 2.33. The third kappa shape index (κ3) is 1.84. The average Bonchev–Trinajstić information content (AvgIpc) is 3.03. The molecule has 1 aliphatic rings. The lowest BCUT2D eigenvalue weighted by atomic mass is 10.1. The number of hydrogen-bond acceptors (Lipinski definition) is 6. The molecule has 0 atom stereocenters. The topological polar surface area (TPSA) is 80.2 Å². The van der Waals surface area contributed by atoms with Crippen LogP contribution in [0.15, 0.2) is 29.8 Å². The van der Waals surface area contributed by atoms with Gasteiger partial charge in [-0.1, -0.05) is 12.1 Å². The molecule has 19 heavy (non-hydrogen) atoms. The van der Waals surface area contributed by atoms with Gasteiger partial charge in [0.1, 0.15) is 5.51 Å². The minimum atomic E-state index is -0.454. The number of benzene rings is 1. The van der Waals surface area contributed by atoms with Gasteiger partial charge in [0.25, 0.3) is 11.8 Å². The van der Waals surface area contributed by atoms with Crippen molar-refractivity contribution in [2.75, 3.05) is 6.54 Å². The summed E-state index contributed by atoms with van der Waals surface area (Å²) >= 11 is 1.04. The summed E-state index contributed by atoms with van der Waals surface area (Å²) in [5.74, 6) is -1.33. The van der Waals surface area contributed by atoms with E-state index in [0.717, 1.165) is 16.4 Å². The molecule has 1 aliphatic heterocycles. The second-order valence-corrected chi connectivity index (χ2v) is 4.52. The summed E-state index contributed by atoms with van der Waals surface area (Å²) in [6, 6.07) is 6.50. The summed E-state index contributed by atoms with van der Waals surface area (Å²) in [4.78, 5) is 40.6. The number of hydrogen-bond donors (Lipinski definition) is 0. The lowest BCUT2D eigenvalue weighted by Gasteiger charge is -2.11. The molecule has 0 bridgehead atoms. The highest BCUT2D eigenvalue weighted by atomic mass is 32.1. The highest BCUT2D eigenvalue weighted by Gasteiger charge is 2.36. The Morgan fingerprint density at radius 1 is 1.16 bits per heavy atom. The Kier molecular flexibility index (Phi) is 2.68. The lowest BCUT2D eigenvalue weighted by molar-refractivity contribution is 0.0622. The maximum atomic E-state index is 12.0. The van der Waals surface area contributed by atoms with Crippen molar-refractivity contribution < 1.29 is 14.4 Å². The van der Waals surface area contributed by atoms with Gasteiger partial charge in [0.15, 0.2) is 0 Å². The van der Waals surface area contributed by atoms with Gasteiger partial charge < -0.3 is 0 Å². The Labute approximate surface area is 111 Å². The van der Waals surface area contributed by atoms with Crippen LogP contribution < -0.4 is 0 Å². The molecule has 6 nitrogen and oxygen atoms in total. The number of aromatic nitrogens is 2. The van der Waals surface area contributed by atoms with Gasteiger partial charge in [0, 0.05) is 0 Å². The van der Waals surface area contributed by atoms with E-state index < -0.39 is 17.6 Å². The van der Waals surface area contributed by atoms with Crippen LogP contribution in [0, 0.1) is 0 Å². The fourth-order valence-electron chi connectivity index (χ4n) is 1.89. The van der Waals surface area contributed by atoms with Gasteiger partial charge >= 0.3 is 0 Å². The molecule has 1 aromatic carbocycles. The summed E-state index contributed by atoms with van der Waals surface area (Å²) in [6.07, 6.45) is 0. The van der Waals surface area contributed by atoms with Crippen molar-refractivity contribution in [1.82, 2.24) is 14.3 Å². The van der Waals surface area contributed by atoms with Crippen LogP contribution in [-0.2, 0) is 0 Å². The van der Waals surface area contributed by atoms with Crippen molar-refractivity contribution in [3.63, 3.8) is 0 Å². The van der Waals surface area contributed by atoms with Gasteiger partial charge in [-0.25, -0.2) is 4.98 Å². The van der Waals surface area contributed by atoms with Crippen molar-refractivity contribution in [3.8, 4) is 0 Å². The molecular formula is C12H7N3O3S. The van der Waals surface area contributed by atoms with Gasteiger partial charge in [0.2, 0.25) is 11.6 Å². The Hall–Kier alpha value is -2.41. The molecule has 2 heterocycles. The van der Waals surface area contributed by atoms with Crippen molar-refractivity contribution >= 4 is 29.1 Å². The SMILES string of the molecule is O=C(CN1C(=O)c2ccccc2C1=O)c1ncsn1.